The molecule has 0 unspecified atom stereocenters. The minimum atomic E-state index is -0.896. The smallest absolute Gasteiger partial charge is 0.153 e. The fourth-order valence-electron chi connectivity index (χ4n) is 5.74. The molecule has 5 rings (SSSR count). The Labute approximate surface area is 222 Å². The van der Waals surface area contributed by atoms with Crippen molar-refractivity contribution in [3.8, 4) is 11.3 Å². The predicted molar refractivity (Wildman–Crippen MR) is 144 cm³/mol. The maximum atomic E-state index is 10.5. The van der Waals surface area contributed by atoms with Crippen molar-refractivity contribution in [2.24, 2.45) is 11.1 Å². The molecule has 2 aliphatic rings. The van der Waals surface area contributed by atoms with E-state index in [1.165, 1.54) is 5.56 Å². The van der Waals surface area contributed by atoms with Gasteiger partial charge in [-0.15, -0.1) is 0 Å². The summed E-state index contributed by atoms with van der Waals surface area (Å²) in [6, 6.07) is 11.6. The summed E-state index contributed by atoms with van der Waals surface area (Å²) in [5.74, 6) is 0.708. The topological polar surface area (TPSA) is 95.5 Å². The number of rotatable bonds is 4. The molecule has 0 bridgehead atoms. The number of anilines is 1. The lowest BCUT2D eigenvalue weighted by atomic mass is 9.73. The highest BCUT2D eigenvalue weighted by molar-refractivity contribution is 6.43. The van der Waals surface area contributed by atoms with Gasteiger partial charge in [0, 0.05) is 24.7 Å². The number of nitrogens with two attached hydrogens (primary N) is 1. The Kier molecular flexibility index (Phi) is 6.54. The van der Waals surface area contributed by atoms with Crippen LogP contribution in [0.2, 0.25) is 10.0 Å². The van der Waals surface area contributed by atoms with Crippen LogP contribution >= 0.6 is 23.2 Å². The molecule has 3 aromatic rings. The Balaban J connectivity index is 1.39. The van der Waals surface area contributed by atoms with Crippen LogP contribution in [0.4, 0.5) is 5.82 Å². The molecule has 2 heterocycles. The number of aromatic nitrogens is 2. The lowest BCUT2D eigenvalue weighted by Crippen LogP contribution is -2.45. The van der Waals surface area contributed by atoms with Crippen LogP contribution in [0.1, 0.15) is 60.8 Å². The van der Waals surface area contributed by atoms with Gasteiger partial charge in [0.15, 0.2) is 5.82 Å². The molecule has 1 fully saturated rings. The molecular weight excluding hydrogens is 495 g/mol. The first-order valence-electron chi connectivity index (χ1n) is 12.3. The number of aliphatic hydroxyl groups is 2. The summed E-state index contributed by atoms with van der Waals surface area (Å²) in [6.07, 6.45) is 2.76. The number of aryl methyl sites for hydroxylation is 1. The molecule has 0 radical (unpaired) electrons. The Morgan fingerprint density at radius 3 is 2.53 bits per heavy atom. The Hall–Kier alpha value is -2.22. The van der Waals surface area contributed by atoms with Gasteiger partial charge < -0.3 is 20.8 Å². The lowest BCUT2D eigenvalue weighted by molar-refractivity contribution is 0.0784. The van der Waals surface area contributed by atoms with E-state index in [1.54, 1.807) is 19.9 Å². The predicted octanol–water partition coefficient (Wildman–Crippen LogP) is 5.32. The van der Waals surface area contributed by atoms with Crippen LogP contribution in [0.5, 0.6) is 0 Å². The molecule has 1 aliphatic heterocycles. The van der Waals surface area contributed by atoms with E-state index in [9.17, 15) is 10.2 Å². The SMILES string of the molecule is Cc1nc(N2CCC3(CC2)Cc2ccc(C(C)(C)O)cc2[C@H]3N)c(CO)nc1-c1cccc(Cl)c1Cl. The molecule has 36 heavy (non-hydrogen) atoms. The molecule has 1 aromatic heterocycles. The van der Waals surface area contributed by atoms with Gasteiger partial charge >= 0.3 is 0 Å². The molecule has 1 aliphatic carbocycles. The van der Waals surface area contributed by atoms with Gasteiger partial charge in [-0.2, -0.15) is 0 Å². The van der Waals surface area contributed by atoms with Gasteiger partial charge in [0.2, 0.25) is 0 Å². The third-order valence-corrected chi connectivity index (χ3v) is 8.74. The van der Waals surface area contributed by atoms with Crippen molar-refractivity contribution in [3.05, 3.63) is 74.5 Å². The van der Waals surface area contributed by atoms with Crippen molar-refractivity contribution in [1.29, 1.82) is 0 Å². The second-order valence-electron chi connectivity index (χ2n) is 10.7. The normalized spacial score (nSPS) is 19.1. The van der Waals surface area contributed by atoms with Crippen molar-refractivity contribution >= 4 is 29.0 Å². The van der Waals surface area contributed by atoms with Gasteiger partial charge in [-0.1, -0.05) is 53.5 Å². The van der Waals surface area contributed by atoms with Gasteiger partial charge in [0.25, 0.3) is 0 Å². The summed E-state index contributed by atoms with van der Waals surface area (Å²) in [6.45, 7) is 6.84. The van der Waals surface area contributed by atoms with Crippen molar-refractivity contribution in [2.75, 3.05) is 18.0 Å². The van der Waals surface area contributed by atoms with Crippen LogP contribution < -0.4 is 10.6 Å². The standard InChI is InChI=1S/C28H32Cl2N4O2/c1-16-24(19-5-4-6-21(29)23(19)30)33-22(15-35)26(32-16)34-11-9-28(10-12-34)14-17-7-8-18(27(2,3)36)13-20(17)25(28)31/h4-8,13,25,35-36H,9-12,14-15,31H2,1-3H3/t25-/m1/s1. The van der Waals surface area contributed by atoms with Crippen LogP contribution in [0.15, 0.2) is 36.4 Å². The van der Waals surface area contributed by atoms with Crippen LogP contribution in [0, 0.1) is 12.3 Å². The number of aliphatic hydroxyl groups excluding tert-OH is 1. The number of piperidine rings is 1. The molecule has 8 heteroatoms. The zero-order valence-corrected chi connectivity index (χ0v) is 22.4. The van der Waals surface area contributed by atoms with E-state index >= 15 is 0 Å². The molecule has 0 amide bonds. The Morgan fingerprint density at radius 2 is 1.86 bits per heavy atom. The van der Waals surface area contributed by atoms with Gasteiger partial charge in [0.1, 0.15) is 5.69 Å². The number of benzene rings is 2. The maximum absolute atomic E-state index is 10.5. The fourth-order valence-corrected chi connectivity index (χ4v) is 6.13. The number of hydrogen-bond donors (Lipinski definition) is 3. The zero-order valence-electron chi connectivity index (χ0n) is 20.9. The Morgan fingerprint density at radius 1 is 1.14 bits per heavy atom. The second-order valence-corrected chi connectivity index (χ2v) is 11.4. The number of halogens is 2. The van der Waals surface area contributed by atoms with Crippen LogP contribution in [0.3, 0.4) is 0 Å². The third kappa shape index (κ3) is 4.29. The summed E-state index contributed by atoms with van der Waals surface area (Å²) in [7, 11) is 0. The summed E-state index contributed by atoms with van der Waals surface area (Å²) in [5, 5.41) is 21.5. The van der Waals surface area contributed by atoms with E-state index in [4.69, 9.17) is 38.9 Å². The molecule has 1 saturated heterocycles. The van der Waals surface area contributed by atoms with E-state index in [0.717, 1.165) is 49.2 Å². The van der Waals surface area contributed by atoms with Crippen LogP contribution in [-0.4, -0.2) is 33.3 Å². The van der Waals surface area contributed by atoms with E-state index in [1.807, 2.05) is 25.1 Å². The highest BCUT2D eigenvalue weighted by Crippen LogP contribution is 2.51. The van der Waals surface area contributed by atoms with E-state index in [-0.39, 0.29) is 18.1 Å². The van der Waals surface area contributed by atoms with E-state index < -0.39 is 5.60 Å². The number of hydrogen-bond acceptors (Lipinski definition) is 6. The molecule has 4 N–H and O–H groups in total. The molecule has 0 saturated carbocycles. The van der Waals surface area contributed by atoms with Crippen molar-refractivity contribution < 1.29 is 10.2 Å². The Bertz CT molecular complexity index is 1310. The average molecular weight is 527 g/mol. The molecule has 1 spiro atoms. The highest BCUT2D eigenvalue weighted by Gasteiger charge is 2.46. The summed E-state index contributed by atoms with van der Waals surface area (Å²) in [5.41, 5.74) is 11.8. The highest BCUT2D eigenvalue weighted by atomic mass is 35.5. The minimum absolute atomic E-state index is 0.0207. The molecule has 1 atom stereocenters. The van der Waals surface area contributed by atoms with Gasteiger partial charge in [-0.05, 0) is 68.2 Å². The summed E-state index contributed by atoms with van der Waals surface area (Å²) >= 11 is 12.7. The van der Waals surface area contributed by atoms with E-state index in [0.29, 0.717) is 32.8 Å². The van der Waals surface area contributed by atoms with Crippen molar-refractivity contribution in [1.82, 2.24) is 9.97 Å². The fraction of sp³-hybridized carbons (Fsp3) is 0.429. The number of nitrogens with zero attached hydrogens (tertiary/aromatic N) is 3. The van der Waals surface area contributed by atoms with Gasteiger partial charge in [-0.25, -0.2) is 9.97 Å². The second kappa shape index (κ2) is 9.26. The number of fused-ring (bicyclic) bond motifs is 1. The summed E-state index contributed by atoms with van der Waals surface area (Å²) in [4.78, 5) is 11.8. The third-order valence-electron chi connectivity index (χ3n) is 7.93. The van der Waals surface area contributed by atoms with Crippen LogP contribution in [-0.2, 0) is 18.6 Å². The summed E-state index contributed by atoms with van der Waals surface area (Å²) < 4.78 is 0. The average Bonchev–Trinajstić information content (AvgIpc) is 3.11. The first-order chi connectivity index (χ1) is 17.0. The lowest BCUT2D eigenvalue weighted by Gasteiger charge is -2.43. The van der Waals surface area contributed by atoms with E-state index in [2.05, 4.69) is 17.0 Å². The van der Waals surface area contributed by atoms with Crippen LogP contribution in [0.25, 0.3) is 11.3 Å². The largest absolute Gasteiger partial charge is 0.390 e. The molecule has 6 nitrogen and oxygen atoms in total. The van der Waals surface area contributed by atoms with Crippen molar-refractivity contribution in [2.45, 2.75) is 58.3 Å². The molecular formula is C28H32Cl2N4O2. The quantitative estimate of drug-likeness (QED) is 0.425. The van der Waals surface area contributed by atoms with Gasteiger partial charge in [-0.3, -0.25) is 0 Å². The zero-order chi connectivity index (χ0) is 25.8. The molecule has 2 aromatic carbocycles. The first-order valence-corrected chi connectivity index (χ1v) is 13.1. The first kappa shape index (κ1) is 25.4. The van der Waals surface area contributed by atoms with Gasteiger partial charge in [0.05, 0.1) is 33.6 Å². The van der Waals surface area contributed by atoms with Crippen molar-refractivity contribution in [3.63, 3.8) is 0 Å². The maximum Gasteiger partial charge on any atom is 0.153 e. The monoisotopic (exact) mass is 526 g/mol. The minimum Gasteiger partial charge on any atom is -0.390 e. The molecule has 190 valence electrons.